The third-order valence-corrected chi connectivity index (χ3v) is 6.96. The zero-order chi connectivity index (χ0) is 24.8. The Balaban J connectivity index is 1.47. The van der Waals surface area contributed by atoms with Crippen LogP contribution in [0.3, 0.4) is 0 Å². The van der Waals surface area contributed by atoms with Gasteiger partial charge in [-0.05, 0) is 74.4 Å². The summed E-state index contributed by atoms with van der Waals surface area (Å²) < 4.78 is 18.7. The van der Waals surface area contributed by atoms with E-state index in [2.05, 4.69) is 5.32 Å². The zero-order valence-corrected chi connectivity index (χ0v) is 20.0. The van der Waals surface area contributed by atoms with Crippen LogP contribution in [0.15, 0.2) is 48.5 Å². The molecule has 3 amide bonds. The molecule has 4 rings (SSSR count). The molecule has 7 nitrogen and oxygen atoms in total. The predicted molar refractivity (Wildman–Crippen MR) is 130 cm³/mol. The molecule has 0 saturated carbocycles. The van der Waals surface area contributed by atoms with Crippen LogP contribution in [0, 0.1) is 11.7 Å². The lowest BCUT2D eigenvalue weighted by atomic mass is 9.87. The van der Waals surface area contributed by atoms with Crippen LogP contribution in [-0.2, 0) is 4.79 Å². The Labute approximate surface area is 205 Å². The fraction of sp³-hybridized carbons (Fsp3) is 0.444. The van der Waals surface area contributed by atoms with Crippen molar-refractivity contribution in [2.75, 3.05) is 33.3 Å². The molecule has 8 heteroatoms. The molecule has 0 unspecified atom stereocenters. The maximum Gasteiger partial charge on any atom is 0.257 e. The summed E-state index contributed by atoms with van der Waals surface area (Å²) in [6, 6.07) is 11.8. The van der Waals surface area contributed by atoms with E-state index in [0.717, 1.165) is 19.3 Å². The van der Waals surface area contributed by atoms with Gasteiger partial charge in [0.15, 0.2) is 0 Å². The van der Waals surface area contributed by atoms with Gasteiger partial charge < -0.3 is 19.9 Å². The topological polar surface area (TPSA) is 79.0 Å². The lowest BCUT2D eigenvalue weighted by Crippen LogP contribution is -2.55. The second-order valence-corrected chi connectivity index (χ2v) is 9.17. The van der Waals surface area contributed by atoms with Gasteiger partial charge in [0.2, 0.25) is 5.91 Å². The van der Waals surface area contributed by atoms with Gasteiger partial charge in [0.25, 0.3) is 11.8 Å². The molecule has 2 heterocycles. The summed E-state index contributed by atoms with van der Waals surface area (Å²) in [5.41, 5.74) is 0.825. The number of ether oxygens (including phenoxy) is 1. The first-order valence-corrected chi connectivity index (χ1v) is 12.3. The number of hydrogen-bond acceptors (Lipinski definition) is 4. The molecule has 0 spiro atoms. The number of hydrogen-bond donors (Lipinski definition) is 1. The van der Waals surface area contributed by atoms with Crippen LogP contribution in [0.25, 0.3) is 0 Å². The summed E-state index contributed by atoms with van der Waals surface area (Å²) in [6.45, 7) is 2.34. The Kier molecular flexibility index (Phi) is 8.00. The number of amides is 3. The fourth-order valence-electron chi connectivity index (χ4n) is 4.95. The van der Waals surface area contributed by atoms with Crippen molar-refractivity contribution in [3.63, 3.8) is 0 Å². The van der Waals surface area contributed by atoms with Gasteiger partial charge in [-0.25, -0.2) is 4.39 Å². The van der Waals surface area contributed by atoms with Crippen molar-refractivity contribution in [1.82, 2.24) is 15.1 Å². The van der Waals surface area contributed by atoms with Gasteiger partial charge in [-0.15, -0.1) is 0 Å². The predicted octanol–water partition coefficient (Wildman–Crippen LogP) is 3.50. The highest BCUT2D eigenvalue weighted by Gasteiger charge is 2.37. The molecule has 0 radical (unpaired) electrons. The van der Waals surface area contributed by atoms with Gasteiger partial charge in [0, 0.05) is 31.7 Å². The highest BCUT2D eigenvalue weighted by molar-refractivity contribution is 5.98. The van der Waals surface area contributed by atoms with E-state index in [1.807, 2.05) is 11.0 Å². The molecule has 1 atom stereocenters. The van der Waals surface area contributed by atoms with Crippen molar-refractivity contribution >= 4 is 17.7 Å². The van der Waals surface area contributed by atoms with Crippen LogP contribution in [-0.4, -0.2) is 66.9 Å². The lowest BCUT2D eigenvalue weighted by molar-refractivity contribution is -0.136. The molecule has 35 heavy (non-hydrogen) atoms. The maximum atomic E-state index is 13.5. The van der Waals surface area contributed by atoms with Crippen molar-refractivity contribution in [2.45, 2.75) is 38.1 Å². The van der Waals surface area contributed by atoms with Crippen LogP contribution in [0.4, 0.5) is 4.39 Å². The number of halogens is 1. The van der Waals surface area contributed by atoms with Gasteiger partial charge in [0.1, 0.15) is 17.6 Å². The van der Waals surface area contributed by atoms with Gasteiger partial charge in [-0.1, -0.05) is 12.1 Å². The van der Waals surface area contributed by atoms with E-state index in [0.29, 0.717) is 55.9 Å². The standard InChI is InChI=1S/C27H32FN3O4/c1-35-23-8-4-3-7-22(23)26(33)31-17-13-19(14-18-31)24(27(34)30-15-5-2-6-16-30)29-25(32)20-9-11-21(28)12-10-20/h3-4,7-12,19,24H,2,5-6,13-18H2,1H3,(H,29,32)/t24-/m0/s1. The molecule has 2 saturated heterocycles. The Hall–Kier alpha value is -3.42. The molecule has 2 aliphatic heterocycles. The number of nitrogens with one attached hydrogen (secondary N) is 1. The number of rotatable bonds is 6. The second kappa shape index (κ2) is 11.3. The fourth-order valence-corrected chi connectivity index (χ4v) is 4.95. The third-order valence-electron chi connectivity index (χ3n) is 6.96. The van der Waals surface area contributed by atoms with E-state index in [-0.39, 0.29) is 17.7 Å². The first kappa shape index (κ1) is 24.7. The molecule has 2 aromatic carbocycles. The van der Waals surface area contributed by atoms with Crippen molar-refractivity contribution < 1.29 is 23.5 Å². The summed E-state index contributed by atoms with van der Waals surface area (Å²) in [6.07, 6.45) is 4.19. The number of nitrogens with zero attached hydrogens (tertiary/aromatic N) is 2. The Bertz CT molecular complexity index is 1040. The quantitative estimate of drug-likeness (QED) is 0.685. The van der Waals surface area contributed by atoms with Crippen molar-refractivity contribution in [3.8, 4) is 5.75 Å². The van der Waals surface area contributed by atoms with E-state index in [9.17, 15) is 18.8 Å². The van der Waals surface area contributed by atoms with Crippen LogP contribution >= 0.6 is 0 Å². The number of methoxy groups -OCH3 is 1. The zero-order valence-electron chi connectivity index (χ0n) is 20.0. The Morgan fingerprint density at radius 1 is 0.914 bits per heavy atom. The Morgan fingerprint density at radius 3 is 2.23 bits per heavy atom. The number of piperidine rings is 2. The number of carbonyl (C=O) groups is 3. The monoisotopic (exact) mass is 481 g/mol. The number of benzene rings is 2. The Morgan fingerprint density at radius 2 is 1.57 bits per heavy atom. The van der Waals surface area contributed by atoms with Gasteiger partial charge in [-0.3, -0.25) is 14.4 Å². The first-order valence-electron chi connectivity index (χ1n) is 12.3. The minimum absolute atomic E-state index is 0.0744. The van der Waals surface area contributed by atoms with Crippen LogP contribution in [0.1, 0.15) is 52.8 Å². The molecule has 0 aliphatic carbocycles. The lowest BCUT2D eigenvalue weighted by Gasteiger charge is -2.38. The molecule has 2 fully saturated rings. The van der Waals surface area contributed by atoms with Gasteiger partial charge >= 0.3 is 0 Å². The number of likely N-dealkylation sites (tertiary alicyclic amines) is 2. The second-order valence-electron chi connectivity index (χ2n) is 9.17. The smallest absolute Gasteiger partial charge is 0.257 e. The molecule has 1 N–H and O–H groups in total. The molecule has 0 aromatic heterocycles. The van der Waals surface area contributed by atoms with Crippen LogP contribution < -0.4 is 10.1 Å². The van der Waals surface area contributed by atoms with Gasteiger partial charge in [0.05, 0.1) is 12.7 Å². The van der Waals surface area contributed by atoms with Crippen LogP contribution in [0.2, 0.25) is 0 Å². The summed E-state index contributed by atoms with van der Waals surface area (Å²) in [5.74, 6) is -0.563. The average Bonchev–Trinajstić information content (AvgIpc) is 2.91. The number of carbonyl (C=O) groups excluding carboxylic acids is 3. The minimum atomic E-state index is -0.686. The molecular weight excluding hydrogens is 449 g/mol. The largest absolute Gasteiger partial charge is 0.496 e. The summed E-state index contributed by atoms with van der Waals surface area (Å²) in [7, 11) is 1.54. The highest BCUT2D eigenvalue weighted by atomic mass is 19.1. The van der Waals surface area contributed by atoms with E-state index in [1.165, 1.54) is 24.3 Å². The normalized spacial score (nSPS) is 17.5. The van der Waals surface area contributed by atoms with Crippen molar-refractivity contribution in [3.05, 3.63) is 65.5 Å². The van der Waals surface area contributed by atoms with E-state index >= 15 is 0 Å². The van der Waals surface area contributed by atoms with Gasteiger partial charge in [-0.2, -0.15) is 0 Å². The number of para-hydroxylation sites is 1. The molecular formula is C27H32FN3O4. The molecule has 2 aliphatic rings. The summed E-state index contributed by atoms with van der Waals surface area (Å²) in [5, 5.41) is 2.94. The first-order chi connectivity index (χ1) is 17.0. The van der Waals surface area contributed by atoms with Crippen molar-refractivity contribution in [2.24, 2.45) is 5.92 Å². The highest BCUT2D eigenvalue weighted by Crippen LogP contribution is 2.27. The maximum absolute atomic E-state index is 13.5. The summed E-state index contributed by atoms with van der Waals surface area (Å²) >= 11 is 0. The molecule has 2 aromatic rings. The minimum Gasteiger partial charge on any atom is -0.496 e. The molecule has 0 bridgehead atoms. The van der Waals surface area contributed by atoms with E-state index in [4.69, 9.17) is 4.74 Å². The third kappa shape index (κ3) is 5.81. The van der Waals surface area contributed by atoms with E-state index in [1.54, 1.807) is 30.2 Å². The summed E-state index contributed by atoms with van der Waals surface area (Å²) in [4.78, 5) is 43.1. The van der Waals surface area contributed by atoms with E-state index < -0.39 is 17.8 Å². The molecule has 186 valence electrons. The van der Waals surface area contributed by atoms with Crippen molar-refractivity contribution in [1.29, 1.82) is 0 Å². The SMILES string of the molecule is COc1ccccc1C(=O)N1CCC([C@H](NC(=O)c2ccc(F)cc2)C(=O)N2CCCCC2)CC1. The van der Waals surface area contributed by atoms with Crippen LogP contribution in [0.5, 0.6) is 5.75 Å². The average molecular weight is 482 g/mol.